The Morgan fingerprint density at radius 3 is 2.81 bits per heavy atom. The number of piperidine rings is 1. The molecule has 1 aliphatic heterocycles. The molecule has 0 aromatic carbocycles. The molecular formula is C16H19N5. The molecule has 0 radical (unpaired) electrons. The second kappa shape index (κ2) is 6.42. The zero-order valence-electron chi connectivity index (χ0n) is 11.9. The van der Waals surface area contributed by atoms with Crippen LogP contribution in [-0.2, 0) is 0 Å². The Kier molecular flexibility index (Phi) is 4.17. The number of terminal acetylenes is 1. The minimum absolute atomic E-state index is 0.497. The van der Waals surface area contributed by atoms with Gasteiger partial charge in [0.1, 0.15) is 0 Å². The van der Waals surface area contributed by atoms with E-state index in [9.17, 15) is 0 Å². The van der Waals surface area contributed by atoms with Gasteiger partial charge in [0.05, 0.1) is 18.4 Å². The van der Waals surface area contributed by atoms with Crippen molar-refractivity contribution in [2.45, 2.75) is 18.9 Å². The highest BCUT2D eigenvalue weighted by atomic mass is 15.3. The van der Waals surface area contributed by atoms with Gasteiger partial charge >= 0.3 is 0 Å². The number of rotatable bonds is 4. The van der Waals surface area contributed by atoms with Gasteiger partial charge in [-0.05, 0) is 31.0 Å². The second-order valence-corrected chi connectivity index (χ2v) is 5.25. The maximum Gasteiger partial charge on any atom is 0.153 e. The first-order valence-electron chi connectivity index (χ1n) is 7.23. The van der Waals surface area contributed by atoms with Gasteiger partial charge in [-0.3, -0.25) is 4.90 Å². The summed E-state index contributed by atoms with van der Waals surface area (Å²) < 4.78 is 1.75. The van der Waals surface area contributed by atoms with Gasteiger partial charge in [0, 0.05) is 31.5 Å². The van der Waals surface area contributed by atoms with Crippen LogP contribution >= 0.6 is 0 Å². The summed E-state index contributed by atoms with van der Waals surface area (Å²) in [6.45, 7) is 2.87. The van der Waals surface area contributed by atoms with Crippen LogP contribution in [0.1, 0.15) is 12.8 Å². The molecule has 5 nitrogen and oxygen atoms in total. The molecule has 1 fully saturated rings. The molecule has 0 unspecified atom stereocenters. The molecule has 1 aliphatic rings. The topological polar surface area (TPSA) is 46.0 Å². The van der Waals surface area contributed by atoms with E-state index in [-0.39, 0.29) is 0 Å². The molecular weight excluding hydrogens is 262 g/mol. The van der Waals surface area contributed by atoms with E-state index in [1.54, 1.807) is 10.9 Å². The lowest BCUT2D eigenvalue weighted by atomic mass is 10.0. The molecule has 3 heterocycles. The highest BCUT2D eigenvalue weighted by Gasteiger charge is 2.18. The maximum atomic E-state index is 5.35. The van der Waals surface area contributed by atoms with Gasteiger partial charge in [0.25, 0.3) is 0 Å². The lowest BCUT2D eigenvalue weighted by Crippen LogP contribution is -2.39. The zero-order valence-corrected chi connectivity index (χ0v) is 11.9. The fourth-order valence-corrected chi connectivity index (χ4v) is 2.61. The van der Waals surface area contributed by atoms with Crippen LogP contribution in [0.25, 0.3) is 5.82 Å². The lowest BCUT2D eigenvalue weighted by Gasteiger charge is -2.31. The van der Waals surface area contributed by atoms with E-state index in [0.29, 0.717) is 6.04 Å². The Morgan fingerprint density at radius 1 is 1.33 bits per heavy atom. The summed E-state index contributed by atoms with van der Waals surface area (Å²) in [5.41, 5.74) is 1.06. The van der Waals surface area contributed by atoms with E-state index in [2.05, 4.69) is 32.3 Å². The van der Waals surface area contributed by atoms with Crippen molar-refractivity contribution in [1.29, 1.82) is 0 Å². The molecule has 0 bridgehead atoms. The summed E-state index contributed by atoms with van der Waals surface area (Å²) in [7, 11) is 0. The normalized spacial score (nSPS) is 16.5. The van der Waals surface area contributed by atoms with Crippen molar-refractivity contribution in [3.63, 3.8) is 0 Å². The molecule has 1 N–H and O–H groups in total. The van der Waals surface area contributed by atoms with E-state index in [1.165, 1.54) is 0 Å². The first-order chi connectivity index (χ1) is 10.3. The molecule has 2 aromatic rings. The molecule has 0 aliphatic carbocycles. The van der Waals surface area contributed by atoms with Crippen molar-refractivity contribution in [2.24, 2.45) is 0 Å². The standard InChI is InChI=1S/C16H19N5/c1-2-9-20-11-6-14(7-12-20)19-15-4-5-16(17-13-15)21-10-3-8-18-21/h1,3-5,8,10,13-14,19H,6-7,9,11-12H2. The molecule has 0 amide bonds. The summed E-state index contributed by atoms with van der Waals surface area (Å²) in [6.07, 6.45) is 13.1. The van der Waals surface area contributed by atoms with Crippen LogP contribution < -0.4 is 5.32 Å². The van der Waals surface area contributed by atoms with Gasteiger partial charge in [-0.25, -0.2) is 9.67 Å². The van der Waals surface area contributed by atoms with Crippen LogP contribution in [0.2, 0.25) is 0 Å². The van der Waals surface area contributed by atoms with Gasteiger partial charge in [0.15, 0.2) is 5.82 Å². The number of anilines is 1. The Balaban J connectivity index is 1.56. The molecule has 1 saturated heterocycles. The third kappa shape index (κ3) is 3.41. The van der Waals surface area contributed by atoms with E-state index in [0.717, 1.165) is 44.0 Å². The highest BCUT2D eigenvalue weighted by molar-refractivity contribution is 5.44. The van der Waals surface area contributed by atoms with Crippen LogP contribution in [0.4, 0.5) is 5.69 Å². The van der Waals surface area contributed by atoms with Gasteiger partial charge < -0.3 is 5.32 Å². The van der Waals surface area contributed by atoms with Gasteiger partial charge in [-0.2, -0.15) is 5.10 Å². The second-order valence-electron chi connectivity index (χ2n) is 5.25. The van der Waals surface area contributed by atoms with Crippen LogP contribution in [-0.4, -0.2) is 45.3 Å². The van der Waals surface area contributed by atoms with Crippen molar-refractivity contribution in [1.82, 2.24) is 19.7 Å². The number of hydrogen-bond donors (Lipinski definition) is 1. The van der Waals surface area contributed by atoms with Crippen molar-refractivity contribution in [3.8, 4) is 18.2 Å². The molecule has 2 aromatic heterocycles. The maximum absolute atomic E-state index is 5.35. The molecule has 0 saturated carbocycles. The third-order valence-corrected chi connectivity index (χ3v) is 3.76. The Hall–Kier alpha value is -2.32. The van der Waals surface area contributed by atoms with Gasteiger partial charge in [-0.1, -0.05) is 5.92 Å². The van der Waals surface area contributed by atoms with E-state index < -0.39 is 0 Å². The van der Waals surface area contributed by atoms with Crippen LogP contribution in [0.5, 0.6) is 0 Å². The Labute approximate surface area is 125 Å². The van der Waals surface area contributed by atoms with E-state index in [1.807, 2.05) is 24.5 Å². The van der Waals surface area contributed by atoms with Gasteiger partial charge in [0.2, 0.25) is 0 Å². The minimum Gasteiger partial charge on any atom is -0.381 e. The monoisotopic (exact) mass is 281 g/mol. The number of nitrogens with one attached hydrogen (secondary N) is 1. The zero-order chi connectivity index (χ0) is 14.5. The van der Waals surface area contributed by atoms with Crippen LogP contribution in [0, 0.1) is 12.3 Å². The number of nitrogens with zero attached hydrogens (tertiary/aromatic N) is 4. The van der Waals surface area contributed by atoms with Crippen LogP contribution in [0.3, 0.4) is 0 Å². The Morgan fingerprint density at radius 2 is 2.19 bits per heavy atom. The Bertz CT molecular complexity index is 589. The van der Waals surface area contributed by atoms with Crippen molar-refractivity contribution >= 4 is 5.69 Å². The molecule has 0 spiro atoms. The molecule has 21 heavy (non-hydrogen) atoms. The highest BCUT2D eigenvalue weighted by Crippen LogP contribution is 2.16. The largest absolute Gasteiger partial charge is 0.381 e. The summed E-state index contributed by atoms with van der Waals surface area (Å²) >= 11 is 0. The number of pyridine rings is 1. The molecule has 0 atom stereocenters. The molecule has 3 rings (SSSR count). The predicted molar refractivity (Wildman–Crippen MR) is 83.3 cm³/mol. The van der Waals surface area contributed by atoms with Crippen molar-refractivity contribution < 1.29 is 0 Å². The van der Waals surface area contributed by atoms with Crippen LogP contribution in [0.15, 0.2) is 36.8 Å². The fourth-order valence-electron chi connectivity index (χ4n) is 2.61. The predicted octanol–water partition coefficient (Wildman–Crippen LogP) is 1.78. The minimum atomic E-state index is 0.497. The van der Waals surface area contributed by atoms with Gasteiger partial charge in [-0.15, -0.1) is 6.42 Å². The first kappa shape index (κ1) is 13.7. The smallest absolute Gasteiger partial charge is 0.153 e. The summed E-state index contributed by atoms with van der Waals surface area (Å²) in [5.74, 6) is 3.54. The van der Waals surface area contributed by atoms with Crippen molar-refractivity contribution in [3.05, 3.63) is 36.8 Å². The summed E-state index contributed by atoms with van der Waals surface area (Å²) in [6, 6.07) is 6.41. The number of hydrogen-bond acceptors (Lipinski definition) is 4. The number of aromatic nitrogens is 3. The van der Waals surface area contributed by atoms with E-state index >= 15 is 0 Å². The van der Waals surface area contributed by atoms with E-state index in [4.69, 9.17) is 6.42 Å². The molecule has 5 heteroatoms. The summed E-state index contributed by atoms with van der Waals surface area (Å²) in [5, 5.41) is 7.72. The SMILES string of the molecule is C#CCN1CCC(Nc2ccc(-n3cccn3)nc2)CC1. The first-order valence-corrected chi connectivity index (χ1v) is 7.23. The average molecular weight is 281 g/mol. The number of likely N-dealkylation sites (tertiary alicyclic amines) is 1. The third-order valence-electron chi connectivity index (χ3n) is 3.76. The lowest BCUT2D eigenvalue weighted by molar-refractivity contribution is 0.243. The molecule has 108 valence electrons. The fraction of sp³-hybridized carbons (Fsp3) is 0.375. The summed E-state index contributed by atoms with van der Waals surface area (Å²) in [4.78, 5) is 6.75. The average Bonchev–Trinajstić information content (AvgIpc) is 3.05. The van der Waals surface area contributed by atoms with Crippen molar-refractivity contribution in [2.75, 3.05) is 25.0 Å². The quantitative estimate of drug-likeness (QED) is 0.868.